The Kier molecular flexibility index (Phi) is 18.2. The van der Waals surface area contributed by atoms with Gasteiger partial charge in [0.1, 0.15) is 0 Å². The molecule has 3 aromatic rings. The fraction of sp³-hybridized carbons (Fsp3) is 0. The Labute approximate surface area is 308 Å². The average molecular weight is 797 g/mol. The molecule has 3 rings (SSSR count). The summed E-state index contributed by atoms with van der Waals surface area (Å²) in [5.41, 5.74) is -0.680. The predicted octanol–water partition coefficient (Wildman–Crippen LogP) is -1.67. The SMILES string of the molecule is O=C([O-])c1cc(O)c(O)c(S)c1.O=C([O-])c1cc(O)c(O)c(S)c1.O=C([O-])c1cc(O)c(O)c(S)c1.[Eu+3].[SrH2]. The Hall–Kier alpha value is -1.02. The predicted molar refractivity (Wildman–Crippen MR) is 133 cm³/mol. The van der Waals surface area contributed by atoms with Gasteiger partial charge in [-0.1, -0.05) is 0 Å². The van der Waals surface area contributed by atoms with E-state index in [2.05, 4.69) is 37.9 Å². The summed E-state index contributed by atoms with van der Waals surface area (Å²) >= 11 is 11.2. The van der Waals surface area contributed by atoms with Crippen LogP contribution in [-0.4, -0.2) is 94.0 Å². The van der Waals surface area contributed by atoms with Crippen molar-refractivity contribution in [1.29, 1.82) is 0 Å². The molecule has 0 aliphatic heterocycles. The van der Waals surface area contributed by atoms with Gasteiger partial charge in [0.25, 0.3) is 0 Å². The molecule has 12 nitrogen and oxygen atoms in total. The van der Waals surface area contributed by atoms with Crippen LogP contribution in [0.25, 0.3) is 0 Å². The summed E-state index contributed by atoms with van der Waals surface area (Å²) in [6.45, 7) is 0. The van der Waals surface area contributed by atoms with E-state index in [9.17, 15) is 29.7 Å². The van der Waals surface area contributed by atoms with Crippen molar-refractivity contribution in [2.75, 3.05) is 0 Å². The second-order valence-electron chi connectivity index (χ2n) is 6.45. The summed E-state index contributed by atoms with van der Waals surface area (Å²) in [7, 11) is 0. The van der Waals surface area contributed by atoms with Gasteiger partial charge in [-0.2, -0.15) is 0 Å². The number of benzene rings is 3. The first kappa shape index (κ1) is 39.1. The van der Waals surface area contributed by atoms with Gasteiger partial charge in [-0.3, -0.25) is 0 Å². The summed E-state index contributed by atoms with van der Waals surface area (Å²) < 4.78 is 0. The molecule has 0 aromatic heterocycles. The van der Waals surface area contributed by atoms with E-state index in [0.717, 1.165) is 36.4 Å². The Morgan fingerprint density at radius 2 is 0.684 bits per heavy atom. The molecule has 0 saturated heterocycles. The summed E-state index contributed by atoms with van der Waals surface area (Å²) in [5, 5.41) is 84.6. The molecular weight excluding hydrogens is 780 g/mol. The first-order chi connectivity index (χ1) is 16.6. The van der Waals surface area contributed by atoms with Crippen LogP contribution in [0.1, 0.15) is 31.1 Å². The number of carbonyl (C=O) groups excluding carboxylic acids is 3. The van der Waals surface area contributed by atoms with Crippen molar-refractivity contribution in [3.05, 3.63) is 53.1 Å². The number of aromatic carboxylic acids is 3. The van der Waals surface area contributed by atoms with E-state index >= 15 is 0 Å². The van der Waals surface area contributed by atoms with Gasteiger partial charge in [0.2, 0.25) is 0 Å². The third kappa shape index (κ3) is 11.6. The van der Waals surface area contributed by atoms with Gasteiger partial charge in [-0.15, -0.1) is 37.9 Å². The molecule has 0 bridgehead atoms. The van der Waals surface area contributed by atoms with Crippen LogP contribution in [0.2, 0.25) is 0 Å². The average Bonchev–Trinajstić information content (AvgIpc) is 2.79. The van der Waals surface area contributed by atoms with Gasteiger partial charge in [0.05, 0.1) is 32.6 Å². The Morgan fingerprint density at radius 3 is 0.816 bits per heavy atom. The normalized spacial score (nSPS) is 9.24. The molecule has 200 valence electrons. The molecule has 0 radical (unpaired) electrons. The second kappa shape index (κ2) is 17.6. The van der Waals surface area contributed by atoms with Gasteiger partial charge in [0, 0.05) is 16.7 Å². The molecule has 38 heavy (non-hydrogen) atoms. The number of hydrogen-bond donors (Lipinski definition) is 9. The maximum atomic E-state index is 10.3. The second-order valence-corrected chi connectivity index (χ2v) is 7.90. The van der Waals surface area contributed by atoms with E-state index in [1.807, 2.05) is 0 Å². The molecule has 6 N–H and O–H groups in total. The van der Waals surface area contributed by atoms with E-state index in [4.69, 9.17) is 30.6 Å². The molecule has 17 heteroatoms. The van der Waals surface area contributed by atoms with Crippen molar-refractivity contribution in [2.24, 2.45) is 0 Å². The molecule has 0 spiro atoms. The quantitative estimate of drug-likeness (QED) is 0.0822. The fourth-order valence-corrected chi connectivity index (χ4v) is 2.93. The molecule has 0 aliphatic rings. The van der Waals surface area contributed by atoms with Gasteiger partial charge >= 0.3 is 94.9 Å². The Morgan fingerprint density at radius 1 is 0.500 bits per heavy atom. The summed E-state index contributed by atoms with van der Waals surface area (Å²) in [6.07, 6.45) is 0. The molecule has 0 saturated carbocycles. The first-order valence-corrected chi connectivity index (χ1v) is 10.3. The molecule has 0 atom stereocenters. The van der Waals surface area contributed by atoms with Crippen molar-refractivity contribution >= 4 is 101 Å². The van der Waals surface area contributed by atoms with Crippen LogP contribution >= 0.6 is 37.9 Å². The third-order valence-corrected chi connectivity index (χ3v) is 4.94. The van der Waals surface area contributed by atoms with Crippen molar-refractivity contribution < 1.29 is 110 Å². The molecule has 0 unspecified atom stereocenters. The number of rotatable bonds is 3. The molecule has 0 fully saturated rings. The monoisotopic (exact) mass is 798 g/mol. The van der Waals surface area contributed by atoms with E-state index in [-0.39, 0.29) is 126 Å². The topological polar surface area (TPSA) is 242 Å². The van der Waals surface area contributed by atoms with Crippen LogP contribution in [0.5, 0.6) is 34.5 Å². The van der Waals surface area contributed by atoms with Crippen LogP contribution in [0.4, 0.5) is 0 Å². The number of aromatic hydroxyl groups is 6. The van der Waals surface area contributed by atoms with Crippen molar-refractivity contribution in [3.63, 3.8) is 0 Å². The fourth-order valence-electron chi connectivity index (χ4n) is 2.17. The van der Waals surface area contributed by atoms with Gasteiger partial charge in [0.15, 0.2) is 34.5 Å². The molecule has 0 amide bonds. The standard InChI is InChI=1S/3C7H6O4S.Eu.Sr.2H/c3*8-4-1-3(7(10)11)2-5(12)6(4)9;;;;/h3*1-2,8-9,12H,(H,10,11);;;;/q;;;+3;;;/p-3. The summed E-state index contributed by atoms with van der Waals surface area (Å²) in [4.78, 5) is 30.8. The third-order valence-electron chi connectivity index (χ3n) is 3.92. The maximum absolute atomic E-state index is 10.3. The summed E-state index contributed by atoms with van der Waals surface area (Å²) in [6, 6.07) is 5.95. The Bertz CT molecular complexity index is 1110. The number of carbonyl (C=O) groups is 3. The van der Waals surface area contributed by atoms with E-state index < -0.39 is 52.4 Å². The number of phenols is 6. The van der Waals surface area contributed by atoms with Crippen molar-refractivity contribution in [2.45, 2.75) is 14.7 Å². The number of carboxylic acid groups (broad SMARTS) is 3. The zero-order valence-corrected chi connectivity index (χ0v) is 22.9. The number of phenolic OH excluding ortho intramolecular Hbond substituents is 6. The number of thiol groups is 3. The van der Waals surface area contributed by atoms with Crippen molar-refractivity contribution in [3.8, 4) is 34.5 Å². The van der Waals surface area contributed by atoms with Gasteiger partial charge < -0.3 is 60.3 Å². The minimum absolute atomic E-state index is 0. The minimum atomic E-state index is -1.43. The zero-order chi connectivity index (χ0) is 27.9. The molecule has 0 aliphatic carbocycles. The van der Waals surface area contributed by atoms with E-state index in [1.165, 1.54) is 0 Å². The van der Waals surface area contributed by atoms with Crippen molar-refractivity contribution in [1.82, 2.24) is 0 Å². The van der Waals surface area contributed by atoms with Gasteiger partial charge in [-0.05, 0) is 36.4 Å². The van der Waals surface area contributed by atoms with Gasteiger partial charge in [-0.25, -0.2) is 0 Å². The first-order valence-electron chi connectivity index (χ1n) is 8.95. The molecule has 0 heterocycles. The summed E-state index contributed by atoms with van der Waals surface area (Å²) in [5.74, 6) is -7.19. The van der Waals surface area contributed by atoms with Crippen LogP contribution in [-0.2, 0) is 0 Å². The van der Waals surface area contributed by atoms with E-state index in [1.54, 1.807) is 0 Å². The van der Waals surface area contributed by atoms with Crippen LogP contribution in [0, 0.1) is 49.4 Å². The van der Waals surface area contributed by atoms with E-state index in [0.29, 0.717) is 0 Å². The van der Waals surface area contributed by atoms with Crippen LogP contribution < -0.4 is 15.3 Å². The zero-order valence-electron chi connectivity index (χ0n) is 17.8. The number of hydrogen-bond acceptors (Lipinski definition) is 15. The Balaban J connectivity index is 0. The molecular formula is C21H17EuO12S3Sr. The van der Waals surface area contributed by atoms with Crippen LogP contribution in [0.15, 0.2) is 51.1 Å². The number of carboxylic acids is 3. The van der Waals surface area contributed by atoms with Crippen LogP contribution in [0.3, 0.4) is 0 Å². The molecule has 3 aromatic carbocycles.